The molecule has 0 aliphatic heterocycles. The van der Waals surface area contributed by atoms with E-state index in [1.54, 1.807) is 3.98 Å². The fraction of sp³-hybridized carbons (Fsp3) is 0.667. The molecule has 1 N–H and O–H groups in total. The molecule has 0 atom stereocenters. The van der Waals surface area contributed by atoms with Crippen molar-refractivity contribution in [2.75, 3.05) is 14.1 Å². The van der Waals surface area contributed by atoms with Crippen molar-refractivity contribution in [2.24, 2.45) is 0 Å². The summed E-state index contributed by atoms with van der Waals surface area (Å²) in [6, 6.07) is 0. The van der Waals surface area contributed by atoms with Gasteiger partial charge < -0.3 is 5.11 Å². The van der Waals surface area contributed by atoms with Crippen LogP contribution in [-0.2, 0) is 20.5 Å². The molecule has 0 aromatic rings. The summed E-state index contributed by atoms with van der Waals surface area (Å²) < 4.78 is 1.62. The van der Waals surface area contributed by atoms with Crippen molar-refractivity contribution in [3.63, 3.8) is 0 Å². The van der Waals surface area contributed by atoms with Crippen molar-refractivity contribution in [3.8, 4) is 0 Å². The molecule has 47 valence electrons. The van der Waals surface area contributed by atoms with E-state index in [1.807, 2.05) is 14.1 Å². The Hall–Kier alpha value is -0.0765. The average Bonchev–Trinajstić information content (AvgIpc) is 1.33. The smallest absolute Gasteiger partial charge is 0.290 e. The van der Waals surface area contributed by atoms with E-state index in [2.05, 4.69) is 15.7 Å². The van der Waals surface area contributed by atoms with Gasteiger partial charge >= 0.3 is 33.8 Å². The van der Waals surface area contributed by atoms with E-state index in [9.17, 15) is 0 Å². The molecule has 0 aromatic heterocycles. The van der Waals surface area contributed by atoms with Crippen LogP contribution in [0, 0.1) is 0 Å². The molecule has 0 spiro atoms. The first-order valence-electron chi connectivity index (χ1n) is 1.53. The average molecular weight is 149 g/mol. The Morgan fingerprint density at radius 2 is 1.71 bits per heavy atom. The number of carboxylic acid groups (broad SMARTS) is 1. The molecule has 0 aliphatic rings. The molecule has 0 bridgehead atoms. The van der Waals surface area contributed by atoms with E-state index in [1.165, 1.54) is 0 Å². The van der Waals surface area contributed by atoms with Gasteiger partial charge in [-0.25, -0.2) is 0 Å². The molecule has 7 heavy (non-hydrogen) atoms. The molecule has 0 heterocycles. The van der Waals surface area contributed by atoms with Crippen LogP contribution in [0.25, 0.3) is 0 Å². The number of rotatable bonds is 0. The summed E-state index contributed by atoms with van der Waals surface area (Å²) in [5.74, 6) is 0. The zero-order valence-corrected chi connectivity index (χ0v) is 5.18. The third-order valence-electron chi connectivity index (χ3n) is 0. The maximum absolute atomic E-state index is 8.36. The molecule has 0 unspecified atom stereocenters. The van der Waals surface area contributed by atoms with E-state index in [4.69, 9.17) is 9.90 Å². The first kappa shape index (κ1) is 10.0. The second-order valence-electron chi connectivity index (χ2n) is 0.835. The van der Waals surface area contributed by atoms with Crippen LogP contribution in [0.3, 0.4) is 0 Å². The molecule has 3 nitrogen and oxygen atoms in total. The summed E-state index contributed by atoms with van der Waals surface area (Å²) in [7, 11) is 3.67. The summed E-state index contributed by atoms with van der Waals surface area (Å²) in [4.78, 5) is 8.36. The minimum atomic E-state index is -0.250. The number of carbonyl (C=O) groups is 1. The van der Waals surface area contributed by atoms with Gasteiger partial charge in [-0.1, -0.05) is 0 Å². The van der Waals surface area contributed by atoms with Gasteiger partial charge in [-0.2, -0.15) is 0 Å². The van der Waals surface area contributed by atoms with Crippen LogP contribution in [0.1, 0.15) is 0 Å². The molecular weight excluding hydrogens is 141 g/mol. The fourth-order valence-electron chi connectivity index (χ4n) is 0. The van der Waals surface area contributed by atoms with Gasteiger partial charge in [0.2, 0.25) is 0 Å². The van der Waals surface area contributed by atoms with Gasteiger partial charge in [0, 0.05) is 0 Å². The first-order chi connectivity index (χ1) is 3.15. The van der Waals surface area contributed by atoms with Crippen molar-refractivity contribution in [2.45, 2.75) is 0 Å². The second kappa shape index (κ2) is 9.33. The van der Waals surface area contributed by atoms with Crippen LogP contribution in [-0.4, -0.2) is 29.7 Å². The van der Waals surface area contributed by atoms with Gasteiger partial charge in [0.05, 0.1) is 0 Å². The zero-order valence-electron chi connectivity index (χ0n) is 4.20. The Bertz CT molecular complexity index is 37.2. The molecule has 0 aliphatic carbocycles. The Morgan fingerprint density at radius 1 is 1.71 bits per heavy atom. The first-order valence-corrected chi connectivity index (χ1v) is 1.97. The van der Waals surface area contributed by atoms with Gasteiger partial charge in [0.25, 0.3) is 6.47 Å². The van der Waals surface area contributed by atoms with Gasteiger partial charge in [-0.15, -0.1) is 0 Å². The minimum Gasteiger partial charge on any atom is -0.483 e. The van der Waals surface area contributed by atoms with Gasteiger partial charge in [-0.05, 0) is 0 Å². The molecule has 0 radical (unpaired) electrons. The Kier molecular flexibility index (Phi) is 13.4. The van der Waals surface area contributed by atoms with Crippen LogP contribution in [0.15, 0.2) is 0 Å². The maximum Gasteiger partial charge on any atom is 0.290 e. The third kappa shape index (κ3) is 15600. The number of hydrogen-bond donors (Lipinski definition) is 1. The van der Waals surface area contributed by atoms with Crippen LogP contribution in [0.2, 0.25) is 0 Å². The van der Waals surface area contributed by atoms with Gasteiger partial charge in [0.1, 0.15) is 0 Å². The molecule has 0 amide bonds. The summed E-state index contributed by atoms with van der Waals surface area (Å²) in [5.41, 5.74) is 0. The largest absolute Gasteiger partial charge is 0.483 e. The van der Waals surface area contributed by atoms with Crippen molar-refractivity contribution >= 4 is 6.47 Å². The van der Waals surface area contributed by atoms with Crippen LogP contribution in [0.4, 0.5) is 0 Å². The summed E-state index contributed by atoms with van der Waals surface area (Å²) in [6.07, 6.45) is 0. The predicted octanol–water partition coefficient (Wildman–Crippen LogP) is -0.289. The number of nitrogens with zero attached hydrogens (tertiary/aromatic N) is 1. The summed E-state index contributed by atoms with van der Waals surface area (Å²) in [6.45, 7) is -0.250. The topological polar surface area (TPSA) is 40.5 Å². The standard InChI is InChI=1S/C2H6N.CH2O2.Ni/c1-3-2;2-1-3;/h1-2H3;1H,(H,2,3);/q-1;;+1. The van der Waals surface area contributed by atoms with E-state index < -0.39 is 0 Å². The van der Waals surface area contributed by atoms with Crippen LogP contribution < -0.4 is 0 Å². The molecule has 0 aromatic carbocycles. The van der Waals surface area contributed by atoms with Crippen molar-refractivity contribution in [1.29, 1.82) is 0 Å². The fourth-order valence-corrected chi connectivity index (χ4v) is 0. The molecule has 0 saturated heterocycles. The Morgan fingerprint density at radius 3 is 1.71 bits per heavy atom. The van der Waals surface area contributed by atoms with Crippen LogP contribution >= 0.6 is 0 Å². The van der Waals surface area contributed by atoms with Gasteiger partial charge in [-0.3, -0.25) is 4.79 Å². The monoisotopic (exact) mass is 148 g/mol. The zero-order chi connectivity index (χ0) is 6.28. The van der Waals surface area contributed by atoms with Gasteiger partial charge in [0.15, 0.2) is 0 Å². The SMILES string of the molecule is C[N](C)[Ni].O=CO. The quantitative estimate of drug-likeness (QED) is 0.379. The Balaban J connectivity index is 0. The van der Waals surface area contributed by atoms with E-state index >= 15 is 0 Å². The van der Waals surface area contributed by atoms with E-state index in [0.717, 1.165) is 0 Å². The second-order valence-corrected chi connectivity index (χ2v) is 1.72. The molecule has 0 saturated carbocycles. The third-order valence-corrected chi connectivity index (χ3v) is 0. The van der Waals surface area contributed by atoms with E-state index in [0.29, 0.717) is 0 Å². The minimum absolute atomic E-state index is 0.250. The Labute approximate surface area is 50.9 Å². The molecule has 0 fully saturated rings. The molecule has 0 rings (SSSR count). The summed E-state index contributed by atoms with van der Waals surface area (Å²) in [5, 5.41) is 6.89. The number of hydrogen-bond acceptors (Lipinski definition) is 2. The van der Waals surface area contributed by atoms with Crippen LogP contribution in [0.5, 0.6) is 0 Å². The maximum atomic E-state index is 8.36. The molecule has 4 heteroatoms. The van der Waals surface area contributed by atoms with Crippen molar-refractivity contribution in [1.82, 2.24) is 3.98 Å². The molecular formula is C3H8NNiO2. The summed E-state index contributed by atoms with van der Waals surface area (Å²) >= 11 is 4.21. The van der Waals surface area contributed by atoms with E-state index in [-0.39, 0.29) is 6.47 Å². The predicted molar refractivity (Wildman–Crippen MR) is 22.4 cm³/mol. The normalized spacial score (nSPS) is 7.00. The van der Waals surface area contributed by atoms with Crippen molar-refractivity contribution < 1.29 is 25.6 Å². The van der Waals surface area contributed by atoms with Crippen molar-refractivity contribution in [3.05, 3.63) is 0 Å².